The van der Waals surface area contributed by atoms with E-state index in [1.54, 1.807) is 6.07 Å². The fraction of sp³-hybridized carbons (Fsp3) is 0.273. The summed E-state index contributed by atoms with van der Waals surface area (Å²) in [6, 6.07) is 4.75. The molecule has 1 aromatic heterocycles. The minimum atomic E-state index is -0.213. The van der Waals surface area contributed by atoms with E-state index in [4.69, 9.17) is 5.73 Å². The third-order valence-corrected chi connectivity index (χ3v) is 2.47. The van der Waals surface area contributed by atoms with Gasteiger partial charge < -0.3 is 10.3 Å². The number of halogens is 1. The average Bonchev–Trinajstić information content (AvgIpc) is 2.44. The zero-order valence-corrected chi connectivity index (χ0v) is 8.29. The number of hydrogen-bond donors (Lipinski definition) is 1. The van der Waals surface area contributed by atoms with Crippen LogP contribution in [0.4, 0.5) is 4.39 Å². The predicted molar refractivity (Wildman–Crippen MR) is 55.5 cm³/mol. The van der Waals surface area contributed by atoms with Gasteiger partial charge in [-0.25, -0.2) is 4.39 Å². The van der Waals surface area contributed by atoms with Gasteiger partial charge in [-0.1, -0.05) is 0 Å². The highest BCUT2D eigenvalue weighted by Crippen LogP contribution is 2.25. The Kier molecular flexibility index (Phi) is 2.04. The third kappa shape index (κ3) is 1.30. The van der Waals surface area contributed by atoms with Crippen LogP contribution >= 0.6 is 0 Å². The van der Waals surface area contributed by atoms with Gasteiger partial charge in [-0.15, -0.1) is 0 Å². The normalized spacial score (nSPS) is 13.4. The molecule has 2 aromatic rings. The van der Waals surface area contributed by atoms with E-state index >= 15 is 0 Å². The minimum Gasteiger partial charge on any atom is -0.350 e. The van der Waals surface area contributed by atoms with Gasteiger partial charge in [0.05, 0.1) is 5.52 Å². The molecule has 1 heterocycles. The van der Waals surface area contributed by atoms with Crippen molar-refractivity contribution in [3.05, 3.63) is 35.8 Å². The molecule has 2 rings (SSSR count). The first-order chi connectivity index (χ1) is 6.59. The fourth-order valence-electron chi connectivity index (χ4n) is 1.75. The summed E-state index contributed by atoms with van der Waals surface area (Å²) in [7, 11) is 1.90. The quantitative estimate of drug-likeness (QED) is 0.738. The molecule has 0 saturated carbocycles. The Hall–Kier alpha value is -1.35. The van der Waals surface area contributed by atoms with E-state index in [-0.39, 0.29) is 11.9 Å². The van der Waals surface area contributed by atoms with Crippen LogP contribution in [0.3, 0.4) is 0 Å². The summed E-state index contributed by atoms with van der Waals surface area (Å²) in [5.41, 5.74) is 7.77. The molecule has 2 N–H and O–H groups in total. The van der Waals surface area contributed by atoms with Gasteiger partial charge in [0, 0.05) is 24.7 Å². The monoisotopic (exact) mass is 192 g/mol. The van der Waals surface area contributed by atoms with E-state index in [0.717, 1.165) is 16.5 Å². The standard InChI is InChI=1S/C11H13FN2/c1-7(13)10-6-14(2)11-5-8(12)3-4-9(10)11/h3-7H,13H2,1-2H3. The van der Waals surface area contributed by atoms with Crippen molar-refractivity contribution >= 4 is 10.9 Å². The van der Waals surface area contributed by atoms with E-state index in [0.29, 0.717) is 0 Å². The number of benzene rings is 1. The van der Waals surface area contributed by atoms with Crippen molar-refractivity contribution < 1.29 is 4.39 Å². The molecule has 0 aliphatic rings. The van der Waals surface area contributed by atoms with Crippen LogP contribution in [0.2, 0.25) is 0 Å². The number of nitrogens with two attached hydrogens (primary N) is 1. The van der Waals surface area contributed by atoms with Gasteiger partial charge in [0.2, 0.25) is 0 Å². The van der Waals surface area contributed by atoms with Gasteiger partial charge in [0.15, 0.2) is 0 Å². The number of nitrogens with zero attached hydrogens (tertiary/aromatic N) is 1. The maximum Gasteiger partial charge on any atom is 0.125 e. The zero-order valence-electron chi connectivity index (χ0n) is 8.29. The SMILES string of the molecule is CC(N)c1cn(C)c2cc(F)ccc12. The molecule has 0 amide bonds. The first-order valence-electron chi connectivity index (χ1n) is 4.59. The molecule has 2 nitrogen and oxygen atoms in total. The molecule has 0 saturated heterocycles. The second kappa shape index (κ2) is 3.10. The van der Waals surface area contributed by atoms with Crippen molar-refractivity contribution in [1.29, 1.82) is 0 Å². The molecule has 0 fully saturated rings. The van der Waals surface area contributed by atoms with Crippen LogP contribution in [0.25, 0.3) is 10.9 Å². The number of aryl methyl sites for hydroxylation is 1. The van der Waals surface area contributed by atoms with Crippen molar-refractivity contribution in [3.8, 4) is 0 Å². The highest BCUT2D eigenvalue weighted by molar-refractivity contribution is 5.84. The fourth-order valence-corrected chi connectivity index (χ4v) is 1.75. The summed E-state index contributed by atoms with van der Waals surface area (Å²) in [6.07, 6.45) is 1.95. The summed E-state index contributed by atoms with van der Waals surface area (Å²) in [5, 5.41) is 1.03. The molecule has 0 radical (unpaired) electrons. The molecule has 0 bridgehead atoms. The Morgan fingerprint density at radius 3 is 2.79 bits per heavy atom. The topological polar surface area (TPSA) is 30.9 Å². The van der Waals surface area contributed by atoms with E-state index in [1.165, 1.54) is 12.1 Å². The smallest absolute Gasteiger partial charge is 0.125 e. The molecule has 1 aromatic carbocycles. The number of fused-ring (bicyclic) bond motifs is 1. The highest BCUT2D eigenvalue weighted by atomic mass is 19.1. The Morgan fingerprint density at radius 2 is 2.14 bits per heavy atom. The number of rotatable bonds is 1. The largest absolute Gasteiger partial charge is 0.350 e. The number of hydrogen-bond acceptors (Lipinski definition) is 1. The van der Waals surface area contributed by atoms with Crippen LogP contribution in [-0.2, 0) is 7.05 Å². The van der Waals surface area contributed by atoms with Crippen molar-refractivity contribution in [2.45, 2.75) is 13.0 Å². The van der Waals surface area contributed by atoms with Crippen LogP contribution in [0.1, 0.15) is 18.5 Å². The first-order valence-corrected chi connectivity index (χ1v) is 4.59. The van der Waals surface area contributed by atoms with Crippen molar-refractivity contribution in [1.82, 2.24) is 4.57 Å². The van der Waals surface area contributed by atoms with E-state index in [1.807, 2.05) is 24.7 Å². The van der Waals surface area contributed by atoms with Crippen LogP contribution in [0.15, 0.2) is 24.4 Å². The summed E-state index contributed by atoms with van der Waals surface area (Å²) in [6.45, 7) is 1.93. The first kappa shape index (κ1) is 9.21. The Balaban J connectivity index is 2.77. The lowest BCUT2D eigenvalue weighted by molar-refractivity contribution is 0.629. The van der Waals surface area contributed by atoms with E-state index < -0.39 is 0 Å². The van der Waals surface area contributed by atoms with Crippen LogP contribution in [0.5, 0.6) is 0 Å². The van der Waals surface area contributed by atoms with E-state index in [9.17, 15) is 4.39 Å². The van der Waals surface area contributed by atoms with Crippen LogP contribution in [-0.4, -0.2) is 4.57 Å². The van der Waals surface area contributed by atoms with Gasteiger partial charge >= 0.3 is 0 Å². The molecule has 1 atom stereocenters. The van der Waals surface area contributed by atoms with E-state index in [2.05, 4.69) is 0 Å². The summed E-state index contributed by atoms with van der Waals surface area (Å²) >= 11 is 0. The second-order valence-corrected chi connectivity index (χ2v) is 3.65. The van der Waals surface area contributed by atoms with Gasteiger partial charge in [0.1, 0.15) is 5.82 Å². The van der Waals surface area contributed by atoms with Gasteiger partial charge in [-0.2, -0.15) is 0 Å². The third-order valence-electron chi connectivity index (χ3n) is 2.47. The molecular weight excluding hydrogens is 179 g/mol. The number of aromatic nitrogens is 1. The highest BCUT2D eigenvalue weighted by Gasteiger charge is 2.09. The maximum absolute atomic E-state index is 13.0. The molecule has 3 heteroatoms. The summed E-state index contributed by atoms with van der Waals surface area (Å²) < 4.78 is 14.9. The molecule has 1 unspecified atom stereocenters. The van der Waals surface area contributed by atoms with Crippen LogP contribution in [0, 0.1) is 5.82 Å². The van der Waals surface area contributed by atoms with Gasteiger partial charge in [-0.3, -0.25) is 0 Å². The zero-order chi connectivity index (χ0) is 10.3. The maximum atomic E-state index is 13.0. The van der Waals surface area contributed by atoms with Gasteiger partial charge in [0.25, 0.3) is 0 Å². The lowest BCUT2D eigenvalue weighted by Crippen LogP contribution is -2.03. The lowest BCUT2D eigenvalue weighted by atomic mass is 10.1. The molecule has 0 aliphatic carbocycles. The minimum absolute atomic E-state index is 0.0239. The Morgan fingerprint density at radius 1 is 1.43 bits per heavy atom. The van der Waals surface area contributed by atoms with Gasteiger partial charge in [-0.05, 0) is 30.7 Å². The summed E-state index contributed by atoms with van der Waals surface area (Å²) in [4.78, 5) is 0. The van der Waals surface area contributed by atoms with Crippen molar-refractivity contribution in [2.75, 3.05) is 0 Å². The molecule has 0 aliphatic heterocycles. The average molecular weight is 192 g/mol. The molecule has 0 spiro atoms. The Labute approximate surface area is 82.1 Å². The molecule has 74 valence electrons. The Bertz CT molecular complexity index is 471. The lowest BCUT2D eigenvalue weighted by Gasteiger charge is -2.01. The summed E-state index contributed by atoms with van der Waals surface area (Å²) in [5.74, 6) is -0.213. The second-order valence-electron chi connectivity index (χ2n) is 3.65. The molecule has 14 heavy (non-hydrogen) atoms. The van der Waals surface area contributed by atoms with Crippen molar-refractivity contribution in [2.24, 2.45) is 12.8 Å². The molecular formula is C11H13FN2. The predicted octanol–water partition coefficient (Wildman–Crippen LogP) is 2.34. The van der Waals surface area contributed by atoms with Crippen molar-refractivity contribution in [3.63, 3.8) is 0 Å². The van der Waals surface area contributed by atoms with Crippen LogP contribution < -0.4 is 5.73 Å².